The van der Waals surface area contributed by atoms with Crippen LogP contribution in [0.15, 0.2) is 41.6 Å². The van der Waals surface area contributed by atoms with Crippen LogP contribution in [-0.2, 0) is 15.0 Å². The molecule has 1 fully saturated rings. The van der Waals surface area contributed by atoms with Gasteiger partial charge in [0.2, 0.25) is 11.1 Å². The van der Waals surface area contributed by atoms with E-state index in [9.17, 15) is 14.4 Å². The number of thioether (sulfide) groups is 1. The number of carboxylic acid groups (broad SMARTS) is 1. The van der Waals surface area contributed by atoms with E-state index in [2.05, 4.69) is 41.6 Å². The van der Waals surface area contributed by atoms with E-state index >= 15 is 0 Å². The molecule has 2 amide bonds. The molecule has 1 aliphatic rings. The summed E-state index contributed by atoms with van der Waals surface area (Å²) in [5.41, 5.74) is 2.35. The van der Waals surface area contributed by atoms with Crippen LogP contribution in [0, 0.1) is 5.92 Å². The summed E-state index contributed by atoms with van der Waals surface area (Å²) >= 11 is 14.0. The predicted molar refractivity (Wildman–Crippen MR) is 150 cm³/mol. The number of hydrogen-bond acceptors (Lipinski definition) is 7. The molecule has 206 valence electrons. The first kappa shape index (κ1) is 28.8. The number of piperidine rings is 1. The third-order valence-corrected chi connectivity index (χ3v) is 7.97. The second-order valence-corrected chi connectivity index (χ2v) is 12.0. The van der Waals surface area contributed by atoms with E-state index in [4.69, 9.17) is 28.3 Å². The largest absolute Gasteiger partial charge is 0.481 e. The van der Waals surface area contributed by atoms with Gasteiger partial charge in [0.15, 0.2) is 0 Å². The Morgan fingerprint density at radius 3 is 2.41 bits per heavy atom. The highest BCUT2D eigenvalue weighted by Crippen LogP contribution is 2.31. The molecule has 2 heterocycles. The van der Waals surface area contributed by atoms with Crippen LogP contribution in [0.3, 0.4) is 0 Å². The topological polar surface area (TPSA) is 130 Å². The van der Waals surface area contributed by atoms with Gasteiger partial charge in [0.1, 0.15) is 0 Å². The molecule has 3 aromatic rings. The van der Waals surface area contributed by atoms with E-state index < -0.39 is 11.9 Å². The molecule has 1 aromatic heterocycles. The summed E-state index contributed by atoms with van der Waals surface area (Å²) in [6.45, 7) is 7.03. The molecule has 0 spiro atoms. The Hall–Kier alpha value is -3.15. The normalized spacial score (nSPS) is 14.3. The van der Waals surface area contributed by atoms with E-state index in [-0.39, 0.29) is 28.0 Å². The second-order valence-electron chi connectivity index (χ2n) is 10.2. The number of carbonyl (C=O) groups is 3. The molecule has 10 nitrogen and oxygen atoms in total. The lowest BCUT2D eigenvalue weighted by Crippen LogP contribution is -2.40. The third-order valence-electron chi connectivity index (χ3n) is 6.44. The van der Waals surface area contributed by atoms with Gasteiger partial charge >= 0.3 is 5.97 Å². The van der Waals surface area contributed by atoms with Gasteiger partial charge in [-0.15, -0.1) is 5.10 Å². The van der Waals surface area contributed by atoms with Crippen molar-refractivity contribution in [2.45, 2.75) is 44.2 Å². The SMILES string of the molecule is CC(C)(C)c1ccc(-n2nnnc2SCC(=O)Nc2ccc(C(=O)N3CCC(C(=O)O)CC3)cc2Cl)c(Cl)c1. The molecule has 0 atom stereocenters. The number of hydrogen-bond donors (Lipinski definition) is 2. The van der Waals surface area contributed by atoms with E-state index in [0.717, 1.165) is 17.3 Å². The number of nitrogens with zero attached hydrogens (tertiary/aromatic N) is 5. The maximum Gasteiger partial charge on any atom is 0.306 e. The molecular weight excluding hydrogens is 563 g/mol. The number of amides is 2. The first-order valence-electron chi connectivity index (χ1n) is 12.3. The number of carboxylic acids is 1. The van der Waals surface area contributed by atoms with Crippen LogP contribution in [0.4, 0.5) is 5.69 Å². The van der Waals surface area contributed by atoms with E-state index in [1.165, 1.54) is 10.7 Å². The van der Waals surface area contributed by atoms with Gasteiger partial charge in [-0.3, -0.25) is 14.4 Å². The molecule has 0 saturated carbocycles. The molecule has 0 unspecified atom stereocenters. The van der Waals surface area contributed by atoms with Crippen LogP contribution in [0.2, 0.25) is 10.0 Å². The maximum atomic E-state index is 12.8. The average Bonchev–Trinajstić information content (AvgIpc) is 3.36. The van der Waals surface area contributed by atoms with Gasteiger partial charge in [-0.2, -0.15) is 4.68 Å². The Labute approximate surface area is 240 Å². The van der Waals surface area contributed by atoms with Crippen molar-refractivity contribution in [1.82, 2.24) is 25.1 Å². The van der Waals surface area contributed by atoms with Crippen molar-refractivity contribution < 1.29 is 19.5 Å². The first-order valence-corrected chi connectivity index (χ1v) is 14.0. The summed E-state index contributed by atoms with van der Waals surface area (Å²) in [7, 11) is 0. The summed E-state index contributed by atoms with van der Waals surface area (Å²) < 4.78 is 1.49. The quantitative estimate of drug-likeness (QED) is 0.370. The molecular formula is C26H28Cl2N6O4S. The van der Waals surface area contributed by atoms with Crippen molar-refractivity contribution in [1.29, 1.82) is 0 Å². The van der Waals surface area contributed by atoms with Gasteiger partial charge in [0.05, 0.1) is 33.1 Å². The second kappa shape index (κ2) is 11.9. The number of rotatable bonds is 7. The average molecular weight is 592 g/mol. The minimum Gasteiger partial charge on any atom is -0.481 e. The lowest BCUT2D eigenvalue weighted by molar-refractivity contribution is -0.143. The van der Waals surface area contributed by atoms with Gasteiger partial charge in [-0.05, 0) is 64.6 Å². The van der Waals surface area contributed by atoms with E-state index in [1.54, 1.807) is 17.0 Å². The number of likely N-dealkylation sites (tertiary alicyclic amines) is 1. The van der Waals surface area contributed by atoms with Crippen molar-refractivity contribution in [3.05, 3.63) is 57.6 Å². The zero-order valence-corrected chi connectivity index (χ0v) is 24.0. The lowest BCUT2D eigenvalue weighted by Gasteiger charge is -2.30. The Morgan fingerprint density at radius 2 is 1.79 bits per heavy atom. The number of aliphatic carboxylic acids is 1. The number of carbonyl (C=O) groups excluding carboxylic acids is 2. The standard InChI is InChI=1S/C26H28Cl2N6O4S/c1-26(2,3)17-5-7-21(19(28)13-17)34-25(30-31-32-34)39-14-22(35)29-20-6-4-16(12-18(20)27)23(36)33-10-8-15(9-11-33)24(37)38/h4-7,12-13,15H,8-11,14H2,1-3H3,(H,29,35)(H,37,38). The summed E-state index contributed by atoms with van der Waals surface area (Å²) in [5, 5.41) is 24.8. The Kier molecular flexibility index (Phi) is 8.83. The Bertz CT molecular complexity index is 1400. The van der Waals surface area contributed by atoms with Gasteiger partial charge in [-0.1, -0.05) is 61.8 Å². The number of tetrazole rings is 1. The number of aromatic nitrogens is 4. The van der Waals surface area contributed by atoms with Gasteiger partial charge < -0.3 is 15.3 Å². The Balaban J connectivity index is 1.36. The van der Waals surface area contributed by atoms with Crippen molar-refractivity contribution in [2.75, 3.05) is 24.2 Å². The third kappa shape index (κ3) is 6.90. The molecule has 13 heteroatoms. The summed E-state index contributed by atoms with van der Waals surface area (Å²) in [5.74, 6) is -1.81. The summed E-state index contributed by atoms with van der Waals surface area (Å²) in [6.07, 6.45) is 0.830. The van der Waals surface area contributed by atoms with E-state index in [0.29, 0.717) is 53.0 Å². The number of halogens is 2. The molecule has 1 saturated heterocycles. The highest BCUT2D eigenvalue weighted by atomic mass is 35.5. The first-order chi connectivity index (χ1) is 18.4. The fraction of sp³-hybridized carbons (Fsp3) is 0.385. The minimum atomic E-state index is -0.835. The number of nitrogens with one attached hydrogen (secondary N) is 1. The van der Waals surface area contributed by atoms with Crippen molar-refractivity contribution in [2.24, 2.45) is 5.92 Å². The number of benzene rings is 2. The van der Waals surface area contributed by atoms with Crippen LogP contribution in [0.5, 0.6) is 0 Å². The fourth-order valence-electron chi connectivity index (χ4n) is 4.14. The lowest BCUT2D eigenvalue weighted by atomic mass is 9.87. The fourth-order valence-corrected chi connectivity index (χ4v) is 5.32. The van der Waals surface area contributed by atoms with Crippen LogP contribution < -0.4 is 5.32 Å². The van der Waals surface area contributed by atoms with Gasteiger partial charge in [-0.25, -0.2) is 0 Å². The highest BCUT2D eigenvalue weighted by molar-refractivity contribution is 7.99. The summed E-state index contributed by atoms with van der Waals surface area (Å²) in [6, 6.07) is 10.4. The van der Waals surface area contributed by atoms with E-state index in [1.807, 2.05) is 18.2 Å². The summed E-state index contributed by atoms with van der Waals surface area (Å²) in [4.78, 5) is 38.3. The molecule has 39 heavy (non-hydrogen) atoms. The predicted octanol–water partition coefficient (Wildman–Crippen LogP) is 4.93. The molecule has 2 aromatic carbocycles. The Morgan fingerprint density at radius 1 is 1.08 bits per heavy atom. The van der Waals surface area contributed by atoms with Crippen LogP contribution >= 0.6 is 35.0 Å². The molecule has 2 N–H and O–H groups in total. The number of anilines is 1. The van der Waals surface area contributed by atoms with Gasteiger partial charge in [0.25, 0.3) is 5.91 Å². The molecule has 0 aliphatic carbocycles. The van der Waals surface area contributed by atoms with Crippen molar-refractivity contribution in [3.8, 4) is 5.69 Å². The smallest absolute Gasteiger partial charge is 0.306 e. The molecule has 0 bridgehead atoms. The zero-order valence-electron chi connectivity index (χ0n) is 21.6. The molecule has 0 radical (unpaired) electrons. The van der Waals surface area contributed by atoms with Crippen molar-refractivity contribution in [3.63, 3.8) is 0 Å². The highest BCUT2D eigenvalue weighted by Gasteiger charge is 2.28. The van der Waals surface area contributed by atoms with Gasteiger partial charge in [0, 0.05) is 18.7 Å². The van der Waals surface area contributed by atoms with Crippen LogP contribution in [0.25, 0.3) is 5.69 Å². The van der Waals surface area contributed by atoms with Crippen LogP contribution in [0.1, 0.15) is 49.5 Å². The molecule has 4 rings (SSSR count). The monoisotopic (exact) mass is 590 g/mol. The zero-order chi connectivity index (χ0) is 28.3. The molecule has 1 aliphatic heterocycles. The van der Waals surface area contributed by atoms with Crippen molar-refractivity contribution >= 4 is 58.4 Å². The van der Waals surface area contributed by atoms with Crippen LogP contribution in [-0.4, -0.2) is 66.8 Å². The maximum absolute atomic E-state index is 12.8. The minimum absolute atomic E-state index is 0.00754.